The summed E-state index contributed by atoms with van der Waals surface area (Å²) < 4.78 is 0. The molecule has 2 aromatic heterocycles. The van der Waals surface area contributed by atoms with Crippen LogP contribution in [0.1, 0.15) is 34.8 Å². The molecule has 0 amide bonds. The Balaban J connectivity index is 2.10. The van der Waals surface area contributed by atoms with Gasteiger partial charge in [0.1, 0.15) is 0 Å². The van der Waals surface area contributed by atoms with E-state index in [4.69, 9.17) is 0 Å². The van der Waals surface area contributed by atoms with Crippen LogP contribution >= 0.6 is 11.3 Å². The predicted octanol–water partition coefficient (Wildman–Crippen LogP) is 3.13. The highest BCUT2D eigenvalue weighted by molar-refractivity contribution is 7.11. The predicted molar refractivity (Wildman–Crippen MR) is 75.8 cm³/mol. The summed E-state index contributed by atoms with van der Waals surface area (Å²) in [6, 6.07) is 4.52. The van der Waals surface area contributed by atoms with Crippen molar-refractivity contribution < 1.29 is 0 Å². The van der Waals surface area contributed by atoms with E-state index in [2.05, 4.69) is 41.3 Å². The van der Waals surface area contributed by atoms with E-state index in [1.165, 1.54) is 10.4 Å². The second kappa shape index (κ2) is 6.61. The highest BCUT2D eigenvalue weighted by Gasteiger charge is 2.13. The molecule has 0 radical (unpaired) electrons. The van der Waals surface area contributed by atoms with Gasteiger partial charge in [-0.05, 0) is 44.0 Å². The number of nitrogens with one attached hydrogen (secondary N) is 1. The van der Waals surface area contributed by atoms with Gasteiger partial charge in [0, 0.05) is 29.5 Å². The standard InChI is InChI=1S/C14H19N3S/c1-3-6-16-13(14-10-17-11(2)18-14)9-12-4-7-15-8-5-12/h4-5,7-8,10,13,16H,3,6,9H2,1-2H3. The number of aryl methyl sites for hydroxylation is 1. The Morgan fingerprint density at radius 3 is 2.72 bits per heavy atom. The average Bonchev–Trinajstić information content (AvgIpc) is 2.82. The Hall–Kier alpha value is -1.26. The van der Waals surface area contributed by atoms with E-state index in [9.17, 15) is 0 Å². The third-order valence-electron chi connectivity index (χ3n) is 2.81. The van der Waals surface area contributed by atoms with Crippen molar-refractivity contribution in [3.63, 3.8) is 0 Å². The van der Waals surface area contributed by atoms with Gasteiger partial charge in [0.25, 0.3) is 0 Å². The van der Waals surface area contributed by atoms with Crippen LogP contribution in [-0.2, 0) is 6.42 Å². The molecule has 1 N–H and O–H groups in total. The highest BCUT2D eigenvalue weighted by Crippen LogP contribution is 2.23. The lowest BCUT2D eigenvalue weighted by Crippen LogP contribution is -2.23. The first-order chi connectivity index (χ1) is 8.79. The summed E-state index contributed by atoms with van der Waals surface area (Å²) in [4.78, 5) is 9.73. The van der Waals surface area contributed by atoms with Gasteiger partial charge in [-0.15, -0.1) is 11.3 Å². The maximum absolute atomic E-state index is 4.35. The second-order valence-corrected chi connectivity index (χ2v) is 5.61. The first-order valence-electron chi connectivity index (χ1n) is 6.34. The molecule has 2 rings (SSSR count). The summed E-state index contributed by atoms with van der Waals surface area (Å²) in [5.41, 5.74) is 1.31. The minimum Gasteiger partial charge on any atom is -0.309 e. The van der Waals surface area contributed by atoms with Gasteiger partial charge in [0.05, 0.1) is 5.01 Å². The van der Waals surface area contributed by atoms with E-state index in [0.717, 1.165) is 24.4 Å². The summed E-state index contributed by atoms with van der Waals surface area (Å²) in [5.74, 6) is 0. The van der Waals surface area contributed by atoms with Gasteiger partial charge in [0.2, 0.25) is 0 Å². The number of rotatable bonds is 6. The van der Waals surface area contributed by atoms with Crippen molar-refractivity contribution in [3.05, 3.63) is 46.2 Å². The van der Waals surface area contributed by atoms with Gasteiger partial charge in [-0.1, -0.05) is 6.92 Å². The molecule has 0 saturated carbocycles. The van der Waals surface area contributed by atoms with Gasteiger partial charge < -0.3 is 5.32 Å². The Labute approximate surface area is 112 Å². The fourth-order valence-electron chi connectivity index (χ4n) is 1.89. The summed E-state index contributed by atoms with van der Waals surface area (Å²) in [6.45, 7) is 5.28. The van der Waals surface area contributed by atoms with Crippen molar-refractivity contribution in [2.45, 2.75) is 32.7 Å². The third kappa shape index (κ3) is 3.62. The number of thiazole rings is 1. The van der Waals surface area contributed by atoms with Crippen molar-refractivity contribution in [2.75, 3.05) is 6.54 Å². The number of nitrogens with zero attached hydrogens (tertiary/aromatic N) is 2. The zero-order valence-corrected chi connectivity index (χ0v) is 11.7. The van der Waals surface area contributed by atoms with Gasteiger partial charge in [0.15, 0.2) is 0 Å². The Morgan fingerprint density at radius 1 is 1.33 bits per heavy atom. The smallest absolute Gasteiger partial charge is 0.0897 e. The molecule has 0 aromatic carbocycles. The van der Waals surface area contributed by atoms with Crippen molar-refractivity contribution in [3.8, 4) is 0 Å². The third-order valence-corrected chi connectivity index (χ3v) is 3.84. The molecule has 0 fully saturated rings. The van der Waals surface area contributed by atoms with Crippen LogP contribution in [0, 0.1) is 6.92 Å². The molecule has 96 valence electrons. The molecule has 2 heterocycles. The molecular formula is C14H19N3S. The molecule has 18 heavy (non-hydrogen) atoms. The van der Waals surface area contributed by atoms with E-state index in [1.807, 2.05) is 18.6 Å². The highest BCUT2D eigenvalue weighted by atomic mass is 32.1. The molecule has 0 saturated heterocycles. The topological polar surface area (TPSA) is 37.8 Å². The minimum absolute atomic E-state index is 0.360. The van der Waals surface area contributed by atoms with E-state index >= 15 is 0 Å². The SMILES string of the molecule is CCCNC(Cc1ccncc1)c1cnc(C)s1. The minimum atomic E-state index is 0.360. The van der Waals surface area contributed by atoms with Gasteiger partial charge in [-0.25, -0.2) is 4.98 Å². The fourth-order valence-corrected chi connectivity index (χ4v) is 2.75. The zero-order chi connectivity index (χ0) is 12.8. The molecule has 2 aromatic rings. The first kappa shape index (κ1) is 13.2. The summed E-state index contributed by atoms with van der Waals surface area (Å²) in [5, 5.41) is 4.73. The van der Waals surface area contributed by atoms with Crippen LogP contribution < -0.4 is 5.32 Å². The lowest BCUT2D eigenvalue weighted by molar-refractivity contribution is 0.535. The molecule has 0 aliphatic heterocycles. The Kier molecular flexibility index (Phi) is 4.84. The Bertz CT molecular complexity index is 467. The number of aromatic nitrogens is 2. The molecule has 0 bridgehead atoms. The van der Waals surface area contributed by atoms with E-state index in [0.29, 0.717) is 6.04 Å². The Morgan fingerprint density at radius 2 is 2.11 bits per heavy atom. The van der Waals surface area contributed by atoms with Crippen LogP contribution in [0.3, 0.4) is 0 Å². The van der Waals surface area contributed by atoms with Crippen molar-refractivity contribution >= 4 is 11.3 Å². The van der Waals surface area contributed by atoms with Crippen LogP contribution in [-0.4, -0.2) is 16.5 Å². The summed E-state index contributed by atoms with van der Waals surface area (Å²) >= 11 is 1.78. The monoisotopic (exact) mass is 261 g/mol. The van der Waals surface area contributed by atoms with E-state index in [1.54, 1.807) is 11.3 Å². The molecule has 0 aliphatic carbocycles. The number of pyridine rings is 1. The molecule has 0 aliphatic rings. The first-order valence-corrected chi connectivity index (χ1v) is 7.16. The van der Waals surface area contributed by atoms with Gasteiger partial charge in [-0.2, -0.15) is 0 Å². The van der Waals surface area contributed by atoms with Crippen molar-refractivity contribution in [1.82, 2.24) is 15.3 Å². The summed E-state index contributed by atoms with van der Waals surface area (Å²) in [6.07, 6.45) is 7.83. The molecule has 1 atom stereocenters. The fraction of sp³-hybridized carbons (Fsp3) is 0.429. The molecule has 4 heteroatoms. The quantitative estimate of drug-likeness (QED) is 0.868. The lowest BCUT2D eigenvalue weighted by Gasteiger charge is -2.16. The normalized spacial score (nSPS) is 12.6. The zero-order valence-electron chi connectivity index (χ0n) is 10.9. The van der Waals surface area contributed by atoms with Gasteiger partial charge >= 0.3 is 0 Å². The van der Waals surface area contributed by atoms with Crippen LogP contribution in [0.25, 0.3) is 0 Å². The van der Waals surface area contributed by atoms with Crippen LogP contribution in [0.15, 0.2) is 30.7 Å². The van der Waals surface area contributed by atoms with Crippen molar-refractivity contribution in [2.24, 2.45) is 0 Å². The maximum Gasteiger partial charge on any atom is 0.0897 e. The van der Waals surface area contributed by atoms with E-state index < -0.39 is 0 Å². The maximum atomic E-state index is 4.35. The number of hydrogen-bond donors (Lipinski definition) is 1. The molecule has 1 unspecified atom stereocenters. The van der Waals surface area contributed by atoms with Crippen LogP contribution in [0.5, 0.6) is 0 Å². The lowest BCUT2D eigenvalue weighted by atomic mass is 10.1. The number of hydrogen-bond acceptors (Lipinski definition) is 4. The van der Waals surface area contributed by atoms with Crippen LogP contribution in [0.4, 0.5) is 0 Å². The second-order valence-electron chi connectivity index (χ2n) is 4.35. The largest absolute Gasteiger partial charge is 0.309 e. The van der Waals surface area contributed by atoms with Crippen LogP contribution in [0.2, 0.25) is 0 Å². The van der Waals surface area contributed by atoms with Gasteiger partial charge in [-0.3, -0.25) is 4.98 Å². The van der Waals surface area contributed by atoms with E-state index in [-0.39, 0.29) is 0 Å². The molecule has 0 spiro atoms. The summed E-state index contributed by atoms with van der Waals surface area (Å²) in [7, 11) is 0. The van der Waals surface area contributed by atoms with Crippen molar-refractivity contribution in [1.29, 1.82) is 0 Å². The molecule has 3 nitrogen and oxygen atoms in total. The molecular weight excluding hydrogens is 242 g/mol. The average molecular weight is 261 g/mol.